The first-order valence-corrected chi connectivity index (χ1v) is 7.36. The fourth-order valence-corrected chi connectivity index (χ4v) is 1.88. The Balaban J connectivity index is 1.89. The highest BCUT2D eigenvalue weighted by atomic mass is 35.5. The van der Waals surface area contributed by atoms with Gasteiger partial charge in [-0.1, -0.05) is 46.8 Å². The number of carbonyl (C=O) groups is 1. The molecule has 0 fully saturated rings. The molecule has 0 radical (unpaired) electrons. The Morgan fingerprint density at radius 1 is 1.25 bits per heavy atom. The van der Waals surface area contributed by atoms with Crippen LogP contribution in [0.25, 0.3) is 0 Å². The van der Waals surface area contributed by atoms with Crippen LogP contribution >= 0.6 is 11.6 Å². The van der Waals surface area contributed by atoms with Crippen molar-refractivity contribution in [1.82, 2.24) is 0 Å². The average Bonchev–Trinajstić information content (AvgIpc) is 2.56. The van der Waals surface area contributed by atoms with E-state index in [-0.39, 0.29) is 6.61 Å². The Morgan fingerprint density at radius 3 is 2.88 bits per heavy atom. The molecule has 1 N–H and O–H groups in total. The number of hydrogen-bond acceptors (Lipinski definition) is 4. The molecule has 0 heterocycles. The summed E-state index contributed by atoms with van der Waals surface area (Å²) in [6, 6.07) is 14.4. The second-order valence-electron chi connectivity index (χ2n) is 4.57. The maximum absolute atomic E-state index is 10.3. The second-order valence-corrected chi connectivity index (χ2v) is 5.01. The van der Waals surface area contributed by atoms with Gasteiger partial charge in [0, 0.05) is 10.6 Å². The van der Waals surface area contributed by atoms with E-state index in [1.165, 1.54) is 6.21 Å². The Labute approximate surface area is 144 Å². The third kappa shape index (κ3) is 6.42. The van der Waals surface area contributed by atoms with Gasteiger partial charge in [-0.25, -0.2) is 4.79 Å². The van der Waals surface area contributed by atoms with Crippen molar-refractivity contribution in [3.8, 4) is 17.6 Å². The molecule has 122 valence electrons. The molecule has 0 aliphatic rings. The van der Waals surface area contributed by atoms with Crippen LogP contribution in [0.15, 0.2) is 53.7 Å². The lowest BCUT2D eigenvalue weighted by molar-refractivity contribution is -0.142. The lowest BCUT2D eigenvalue weighted by atomic mass is 10.1. The van der Waals surface area contributed by atoms with E-state index in [1.54, 1.807) is 30.3 Å². The molecule has 0 saturated heterocycles. The van der Waals surface area contributed by atoms with Gasteiger partial charge in [0.25, 0.3) is 0 Å². The topological polar surface area (TPSA) is 68.1 Å². The summed E-state index contributed by atoms with van der Waals surface area (Å²) >= 11 is 5.87. The molecule has 0 saturated carbocycles. The lowest BCUT2D eigenvalue weighted by Gasteiger charge is -2.01. The van der Waals surface area contributed by atoms with E-state index >= 15 is 0 Å². The van der Waals surface area contributed by atoms with Gasteiger partial charge in [0.1, 0.15) is 12.4 Å². The van der Waals surface area contributed by atoms with Crippen LogP contribution in [0.5, 0.6) is 5.75 Å². The van der Waals surface area contributed by atoms with Crippen molar-refractivity contribution in [1.29, 1.82) is 0 Å². The zero-order valence-electron chi connectivity index (χ0n) is 12.6. The highest BCUT2D eigenvalue weighted by Crippen LogP contribution is 2.16. The van der Waals surface area contributed by atoms with Crippen LogP contribution in [0.3, 0.4) is 0 Å². The van der Waals surface area contributed by atoms with E-state index in [0.717, 1.165) is 11.1 Å². The van der Waals surface area contributed by atoms with Crippen molar-refractivity contribution < 1.29 is 19.5 Å². The van der Waals surface area contributed by atoms with Crippen LogP contribution in [0.2, 0.25) is 5.02 Å². The Bertz CT molecular complexity index is 793. The number of aliphatic carboxylic acids is 1. The predicted octanol–water partition coefficient (Wildman–Crippen LogP) is 3.21. The molecule has 0 aliphatic carbocycles. The van der Waals surface area contributed by atoms with Gasteiger partial charge in [0.15, 0.2) is 0 Å². The number of oxime groups is 1. The third-order valence-electron chi connectivity index (χ3n) is 2.69. The molecule has 5 nitrogen and oxygen atoms in total. The highest BCUT2D eigenvalue weighted by Gasteiger charge is 1.95. The standard InChI is InChI=1S/C18H14ClNO4/c19-16-7-2-8-17(11-16)23-9-3-6-14-4-1-5-15(10-14)12-20-24-13-18(21)22/h1-2,4-5,7-8,10-12H,9,13H2,(H,21,22)/b20-12+. The van der Waals surface area contributed by atoms with Gasteiger partial charge in [-0.05, 0) is 35.9 Å². The number of hydrogen-bond donors (Lipinski definition) is 1. The number of ether oxygens (including phenoxy) is 1. The van der Waals surface area contributed by atoms with Crippen molar-refractivity contribution >= 4 is 23.8 Å². The van der Waals surface area contributed by atoms with Gasteiger partial charge in [0.2, 0.25) is 6.61 Å². The SMILES string of the molecule is O=C(O)CO/N=C/c1cccc(C#CCOc2cccc(Cl)c2)c1. The summed E-state index contributed by atoms with van der Waals surface area (Å²) in [5.41, 5.74) is 1.54. The fraction of sp³-hybridized carbons (Fsp3) is 0.111. The van der Waals surface area contributed by atoms with E-state index in [1.807, 2.05) is 18.2 Å². The molecule has 0 atom stereocenters. The number of carboxylic acids is 1. The molecule has 0 bridgehead atoms. The molecule has 24 heavy (non-hydrogen) atoms. The highest BCUT2D eigenvalue weighted by molar-refractivity contribution is 6.30. The summed E-state index contributed by atoms with van der Waals surface area (Å²) in [5, 5.41) is 12.6. The summed E-state index contributed by atoms with van der Waals surface area (Å²) in [7, 11) is 0. The minimum atomic E-state index is -1.08. The summed E-state index contributed by atoms with van der Waals surface area (Å²) in [4.78, 5) is 14.9. The number of carboxylic acid groups (broad SMARTS) is 1. The monoisotopic (exact) mass is 343 g/mol. The maximum Gasteiger partial charge on any atom is 0.344 e. The molecule has 0 amide bonds. The van der Waals surface area contributed by atoms with E-state index < -0.39 is 12.6 Å². The Kier molecular flexibility index (Phi) is 6.69. The van der Waals surface area contributed by atoms with Crippen LogP contribution in [-0.4, -0.2) is 30.5 Å². The van der Waals surface area contributed by atoms with E-state index in [0.29, 0.717) is 10.8 Å². The Hall–Kier alpha value is -2.97. The van der Waals surface area contributed by atoms with Gasteiger partial charge < -0.3 is 14.7 Å². The first-order chi connectivity index (χ1) is 11.6. The van der Waals surface area contributed by atoms with Crippen LogP contribution in [0.4, 0.5) is 0 Å². The largest absolute Gasteiger partial charge is 0.481 e. The van der Waals surface area contributed by atoms with Crippen molar-refractivity contribution in [2.45, 2.75) is 0 Å². The maximum atomic E-state index is 10.3. The summed E-state index contributed by atoms with van der Waals surface area (Å²) in [5.74, 6) is 5.47. The van der Waals surface area contributed by atoms with Gasteiger partial charge >= 0.3 is 5.97 Å². The molecular weight excluding hydrogens is 330 g/mol. The normalized spacial score (nSPS) is 10.0. The number of halogens is 1. The first kappa shape index (κ1) is 17.4. The molecule has 2 rings (SSSR count). The van der Waals surface area contributed by atoms with Gasteiger partial charge in [0.05, 0.1) is 6.21 Å². The molecular formula is C18H14ClNO4. The minimum absolute atomic E-state index is 0.236. The van der Waals surface area contributed by atoms with Crippen molar-refractivity contribution in [3.63, 3.8) is 0 Å². The smallest absolute Gasteiger partial charge is 0.344 e. The van der Waals surface area contributed by atoms with Gasteiger partial charge in [-0.3, -0.25) is 0 Å². The van der Waals surface area contributed by atoms with E-state index in [2.05, 4.69) is 21.8 Å². The molecule has 2 aromatic rings. The van der Waals surface area contributed by atoms with E-state index in [9.17, 15) is 4.79 Å². The van der Waals surface area contributed by atoms with Crippen molar-refractivity contribution in [2.75, 3.05) is 13.2 Å². The zero-order valence-corrected chi connectivity index (χ0v) is 13.4. The van der Waals surface area contributed by atoms with Crippen LogP contribution in [-0.2, 0) is 9.63 Å². The van der Waals surface area contributed by atoms with E-state index in [4.69, 9.17) is 21.4 Å². The molecule has 2 aromatic carbocycles. The quantitative estimate of drug-likeness (QED) is 0.497. The van der Waals surface area contributed by atoms with Gasteiger partial charge in [-0.2, -0.15) is 0 Å². The summed E-state index contributed by atoms with van der Waals surface area (Å²) < 4.78 is 5.48. The molecule has 6 heteroatoms. The molecule has 0 aliphatic heterocycles. The number of rotatable bonds is 6. The fourth-order valence-electron chi connectivity index (χ4n) is 1.70. The average molecular weight is 344 g/mol. The van der Waals surface area contributed by atoms with Crippen LogP contribution in [0, 0.1) is 11.8 Å². The third-order valence-corrected chi connectivity index (χ3v) is 2.93. The van der Waals surface area contributed by atoms with Crippen molar-refractivity contribution in [3.05, 3.63) is 64.7 Å². The summed E-state index contributed by atoms with van der Waals surface area (Å²) in [6.45, 7) is -0.239. The zero-order chi connectivity index (χ0) is 17.2. The van der Waals surface area contributed by atoms with Crippen molar-refractivity contribution in [2.24, 2.45) is 5.16 Å². The predicted molar refractivity (Wildman–Crippen MR) is 91.4 cm³/mol. The summed E-state index contributed by atoms with van der Waals surface area (Å²) in [6.07, 6.45) is 1.43. The lowest BCUT2D eigenvalue weighted by Crippen LogP contribution is -2.03. The Morgan fingerprint density at radius 2 is 2.08 bits per heavy atom. The van der Waals surface area contributed by atoms with Crippen LogP contribution in [0.1, 0.15) is 11.1 Å². The number of benzene rings is 2. The van der Waals surface area contributed by atoms with Crippen LogP contribution < -0.4 is 4.74 Å². The second kappa shape index (κ2) is 9.23. The number of nitrogens with zero attached hydrogens (tertiary/aromatic N) is 1. The molecule has 0 aromatic heterocycles. The van der Waals surface area contributed by atoms with Gasteiger partial charge in [-0.15, -0.1) is 0 Å². The molecule has 0 spiro atoms. The minimum Gasteiger partial charge on any atom is -0.481 e. The molecule has 0 unspecified atom stereocenters. The first-order valence-electron chi connectivity index (χ1n) is 6.98.